The zero-order valence-electron chi connectivity index (χ0n) is 24.6. The number of piperidine rings is 1. The Kier molecular flexibility index (Phi) is 8.98. The molecule has 3 heterocycles. The highest BCUT2D eigenvalue weighted by Gasteiger charge is 2.52. The molecule has 0 radical (unpaired) electrons. The number of phenolic OH excluding ortho intramolecular Hbond substituents is 1. The van der Waals surface area contributed by atoms with Crippen LogP contribution in [0.4, 0.5) is 9.18 Å². The number of urea groups is 1. The smallest absolute Gasteiger partial charge is 0.321 e. The quantitative estimate of drug-likeness (QED) is 0.520. The van der Waals surface area contributed by atoms with Crippen molar-refractivity contribution in [2.24, 2.45) is 5.92 Å². The van der Waals surface area contributed by atoms with Crippen LogP contribution in [0, 0.1) is 11.7 Å². The summed E-state index contributed by atoms with van der Waals surface area (Å²) in [6.45, 7) is 2.87. The number of phenols is 1. The lowest BCUT2D eigenvalue weighted by molar-refractivity contribution is -0.170. The number of carbonyl (C=O) groups excluding carboxylic acids is 3. The average molecular weight is 581 g/mol. The van der Waals surface area contributed by atoms with Crippen molar-refractivity contribution >= 4 is 17.8 Å². The molecular formula is C31H41FN6O4. The Morgan fingerprint density at radius 1 is 1.00 bits per heavy atom. The molecule has 10 nitrogen and oxygen atoms in total. The van der Waals surface area contributed by atoms with Crippen LogP contribution in [-0.2, 0) is 22.6 Å². The maximum atomic E-state index is 14.4. The number of para-hydroxylation sites is 1. The van der Waals surface area contributed by atoms with Crippen LogP contribution >= 0.6 is 0 Å². The molecule has 3 aliphatic heterocycles. The molecule has 11 heteroatoms. The number of nitrogens with one attached hydrogen (secondary N) is 1. The Labute approximate surface area is 246 Å². The van der Waals surface area contributed by atoms with Gasteiger partial charge in [0.25, 0.3) is 0 Å². The third kappa shape index (κ3) is 6.22. The van der Waals surface area contributed by atoms with E-state index in [1.54, 1.807) is 61.5 Å². The van der Waals surface area contributed by atoms with Crippen molar-refractivity contribution in [3.05, 3.63) is 65.5 Å². The number of fused-ring (bicyclic) bond motifs is 1. The third-order valence-electron chi connectivity index (χ3n) is 8.78. The molecule has 0 bridgehead atoms. The molecule has 0 saturated carbocycles. The molecule has 5 rings (SSSR count). The van der Waals surface area contributed by atoms with E-state index < -0.39 is 18.2 Å². The third-order valence-corrected chi connectivity index (χ3v) is 8.78. The topological polar surface area (TPSA) is 99.7 Å². The van der Waals surface area contributed by atoms with Crippen LogP contribution in [0.5, 0.6) is 5.75 Å². The molecule has 0 spiro atoms. The first-order valence-corrected chi connectivity index (χ1v) is 14.6. The Balaban J connectivity index is 1.47. The largest absolute Gasteiger partial charge is 0.508 e. The minimum absolute atomic E-state index is 0.0502. The van der Waals surface area contributed by atoms with E-state index >= 15 is 0 Å². The van der Waals surface area contributed by atoms with Crippen LogP contribution in [0.25, 0.3) is 0 Å². The van der Waals surface area contributed by atoms with E-state index in [9.17, 15) is 23.9 Å². The van der Waals surface area contributed by atoms with Gasteiger partial charge in [0.2, 0.25) is 11.8 Å². The van der Waals surface area contributed by atoms with Crippen LogP contribution in [0.1, 0.15) is 24.0 Å². The number of halogens is 1. The number of carbonyl (C=O) groups is 3. The summed E-state index contributed by atoms with van der Waals surface area (Å²) in [4.78, 5) is 50.6. The van der Waals surface area contributed by atoms with E-state index in [1.165, 1.54) is 15.9 Å². The maximum Gasteiger partial charge on any atom is 0.321 e. The van der Waals surface area contributed by atoms with E-state index in [1.807, 2.05) is 4.90 Å². The van der Waals surface area contributed by atoms with E-state index in [0.717, 1.165) is 25.9 Å². The zero-order chi connectivity index (χ0) is 30.0. The van der Waals surface area contributed by atoms with Gasteiger partial charge in [-0.1, -0.05) is 36.4 Å². The summed E-state index contributed by atoms with van der Waals surface area (Å²) in [5.41, 5.74) is 0.957. The van der Waals surface area contributed by atoms with Gasteiger partial charge in [0, 0.05) is 45.7 Å². The molecule has 3 aliphatic rings. The number of piperazine rings is 1. The fourth-order valence-corrected chi connectivity index (χ4v) is 6.33. The highest BCUT2D eigenvalue weighted by Crippen LogP contribution is 2.31. The highest BCUT2D eigenvalue weighted by molar-refractivity contribution is 5.93. The molecule has 4 amide bonds. The number of amides is 4. The predicted octanol–water partition coefficient (Wildman–Crippen LogP) is 1.94. The molecule has 2 aromatic carbocycles. The molecule has 3 saturated heterocycles. The molecule has 42 heavy (non-hydrogen) atoms. The van der Waals surface area contributed by atoms with Gasteiger partial charge < -0.3 is 34.9 Å². The fraction of sp³-hybridized carbons (Fsp3) is 0.516. The van der Waals surface area contributed by atoms with Crippen LogP contribution in [0.2, 0.25) is 0 Å². The van der Waals surface area contributed by atoms with Gasteiger partial charge >= 0.3 is 6.03 Å². The summed E-state index contributed by atoms with van der Waals surface area (Å²) in [5.74, 6) is -0.507. The molecule has 2 aromatic rings. The lowest BCUT2D eigenvalue weighted by Crippen LogP contribution is -2.76. The molecule has 226 valence electrons. The van der Waals surface area contributed by atoms with Crippen molar-refractivity contribution in [1.29, 1.82) is 0 Å². The van der Waals surface area contributed by atoms with Crippen molar-refractivity contribution in [3.63, 3.8) is 0 Å². The summed E-state index contributed by atoms with van der Waals surface area (Å²) in [6.07, 6.45) is 1.39. The number of nitrogens with zero attached hydrogens (tertiary/aromatic N) is 5. The second kappa shape index (κ2) is 12.7. The Bertz CT molecular complexity index is 1300. The molecule has 1 unspecified atom stereocenters. The van der Waals surface area contributed by atoms with Crippen LogP contribution in [0.3, 0.4) is 0 Å². The number of likely N-dealkylation sites (tertiary alicyclic amines) is 1. The SMILES string of the molecule is CN1CCC(CN2CC3N(C(=O)N(C)C)C[C@H](NCc4ccccc4F)C(=O)N3[C@@H](Cc3ccccc3O)C2=O)CC1. The summed E-state index contributed by atoms with van der Waals surface area (Å²) < 4.78 is 14.4. The number of benzene rings is 2. The summed E-state index contributed by atoms with van der Waals surface area (Å²) in [6, 6.07) is 11.1. The molecule has 3 atom stereocenters. The Morgan fingerprint density at radius 3 is 2.33 bits per heavy atom. The van der Waals surface area contributed by atoms with Gasteiger partial charge in [0.05, 0.1) is 6.54 Å². The van der Waals surface area contributed by atoms with Gasteiger partial charge in [-0.2, -0.15) is 0 Å². The van der Waals surface area contributed by atoms with Crippen molar-refractivity contribution in [1.82, 2.24) is 29.8 Å². The second-order valence-corrected chi connectivity index (χ2v) is 11.9. The van der Waals surface area contributed by atoms with Gasteiger partial charge in [-0.25, -0.2) is 9.18 Å². The zero-order valence-corrected chi connectivity index (χ0v) is 24.6. The van der Waals surface area contributed by atoms with Gasteiger partial charge in [0.15, 0.2) is 0 Å². The molecular weight excluding hydrogens is 539 g/mol. The molecule has 0 aromatic heterocycles. The van der Waals surface area contributed by atoms with Crippen molar-refractivity contribution in [3.8, 4) is 5.75 Å². The lowest BCUT2D eigenvalue weighted by atomic mass is 9.92. The standard InChI is InChI=1S/C31H41FN6O4/c1-34(2)31(42)37-19-25(33-17-23-9-4-6-10-24(23)32)29(40)38-26(16-22-8-5-7-11-27(22)39)30(41)36(20-28(37)38)18-21-12-14-35(3)15-13-21/h4-11,21,25-26,28,33,39H,12-20H2,1-3H3/t25-,26-,28?/m0/s1. The second-order valence-electron chi connectivity index (χ2n) is 11.9. The van der Waals surface area contributed by atoms with Gasteiger partial charge in [0.1, 0.15) is 29.8 Å². The maximum absolute atomic E-state index is 14.4. The van der Waals surface area contributed by atoms with E-state index in [0.29, 0.717) is 23.6 Å². The van der Waals surface area contributed by atoms with E-state index in [2.05, 4.69) is 17.3 Å². The van der Waals surface area contributed by atoms with E-state index in [-0.39, 0.29) is 55.5 Å². The predicted molar refractivity (Wildman–Crippen MR) is 156 cm³/mol. The van der Waals surface area contributed by atoms with Crippen LogP contribution < -0.4 is 5.32 Å². The number of rotatable bonds is 7. The average Bonchev–Trinajstić information content (AvgIpc) is 2.97. The lowest BCUT2D eigenvalue weighted by Gasteiger charge is -2.54. The van der Waals surface area contributed by atoms with Crippen molar-refractivity contribution in [2.45, 2.75) is 44.1 Å². The van der Waals surface area contributed by atoms with Crippen molar-refractivity contribution in [2.75, 3.05) is 53.9 Å². The Morgan fingerprint density at radius 2 is 1.67 bits per heavy atom. The number of aromatic hydroxyl groups is 1. The molecule has 3 fully saturated rings. The summed E-state index contributed by atoms with van der Waals surface area (Å²) in [5, 5.41) is 13.7. The number of hydrogen-bond acceptors (Lipinski definition) is 6. The van der Waals surface area contributed by atoms with Gasteiger partial charge in [-0.05, 0) is 56.6 Å². The molecule has 2 N–H and O–H groups in total. The van der Waals surface area contributed by atoms with Crippen LogP contribution in [-0.4, -0.2) is 120 Å². The van der Waals surface area contributed by atoms with Crippen LogP contribution in [0.15, 0.2) is 48.5 Å². The highest BCUT2D eigenvalue weighted by atomic mass is 19.1. The Hall–Kier alpha value is -3.70. The first kappa shape index (κ1) is 29.8. The molecule has 0 aliphatic carbocycles. The number of hydrogen-bond donors (Lipinski definition) is 2. The first-order valence-electron chi connectivity index (χ1n) is 14.6. The minimum Gasteiger partial charge on any atom is -0.508 e. The minimum atomic E-state index is -0.911. The van der Waals surface area contributed by atoms with E-state index in [4.69, 9.17) is 0 Å². The fourth-order valence-electron chi connectivity index (χ4n) is 6.33. The summed E-state index contributed by atoms with van der Waals surface area (Å²) in [7, 11) is 5.42. The first-order chi connectivity index (χ1) is 20.1. The monoisotopic (exact) mass is 580 g/mol. The van der Waals surface area contributed by atoms with Crippen molar-refractivity contribution < 1.29 is 23.9 Å². The summed E-state index contributed by atoms with van der Waals surface area (Å²) >= 11 is 0. The van der Waals surface area contributed by atoms with Gasteiger partial charge in [-0.15, -0.1) is 0 Å². The van der Waals surface area contributed by atoms with Gasteiger partial charge in [-0.3, -0.25) is 9.59 Å². The normalized spacial score (nSPS) is 23.7.